The number of carbonyl (C=O) groups is 1. The molecule has 1 aliphatic heterocycles. The van der Waals surface area contributed by atoms with Crippen molar-refractivity contribution in [2.75, 3.05) is 60.0 Å². The van der Waals surface area contributed by atoms with Crippen LogP contribution in [0.25, 0.3) is 0 Å². The quantitative estimate of drug-likeness (QED) is 0.710. The molecular formula is C10H22ClN3O2. The maximum atomic E-state index is 11.4. The average molecular weight is 252 g/mol. The topological polar surface area (TPSA) is 44.8 Å². The lowest BCUT2D eigenvalue weighted by Crippen LogP contribution is -2.43. The molecular weight excluding hydrogens is 230 g/mol. The molecule has 1 N–H and O–H groups in total. The summed E-state index contributed by atoms with van der Waals surface area (Å²) in [6.07, 6.45) is 0. The summed E-state index contributed by atoms with van der Waals surface area (Å²) in [5.41, 5.74) is 0. The third-order valence-corrected chi connectivity index (χ3v) is 2.61. The number of hydrogen-bond acceptors (Lipinski definition) is 4. The molecule has 0 aromatic heterocycles. The molecule has 1 rings (SSSR count). The van der Waals surface area contributed by atoms with Crippen LogP contribution in [0, 0.1) is 0 Å². The molecule has 0 atom stereocenters. The molecule has 0 aromatic rings. The Morgan fingerprint density at radius 1 is 1.44 bits per heavy atom. The number of amides is 1. The molecule has 1 aliphatic rings. The maximum Gasteiger partial charge on any atom is 0.236 e. The van der Waals surface area contributed by atoms with Gasteiger partial charge in [-0.15, -0.1) is 12.4 Å². The molecule has 16 heavy (non-hydrogen) atoms. The van der Waals surface area contributed by atoms with Crippen LogP contribution in [0.2, 0.25) is 0 Å². The predicted molar refractivity (Wildman–Crippen MR) is 66.1 cm³/mol. The van der Waals surface area contributed by atoms with E-state index in [-0.39, 0.29) is 18.3 Å². The van der Waals surface area contributed by atoms with Crippen molar-refractivity contribution in [3.8, 4) is 0 Å². The van der Waals surface area contributed by atoms with E-state index in [2.05, 4.69) is 10.2 Å². The van der Waals surface area contributed by atoms with Crippen LogP contribution < -0.4 is 5.32 Å². The van der Waals surface area contributed by atoms with Gasteiger partial charge in [-0.2, -0.15) is 0 Å². The van der Waals surface area contributed by atoms with Crippen molar-refractivity contribution in [1.82, 2.24) is 15.1 Å². The number of hydrogen-bond donors (Lipinski definition) is 1. The van der Waals surface area contributed by atoms with Crippen molar-refractivity contribution in [1.29, 1.82) is 0 Å². The van der Waals surface area contributed by atoms with Crippen LogP contribution >= 0.6 is 12.4 Å². The Morgan fingerprint density at radius 2 is 2.06 bits per heavy atom. The molecule has 0 saturated carbocycles. The summed E-state index contributed by atoms with van der Waals surface area (Å²) in [5.74, 6) is 0.144. The van der Waals surface area contributed by atoms with E-state index in [0.29, 0.717) is 6.54 Å². The zero-order valence-electron chi connectivity index (χ0n) is 10.1. The van der Waals surface area contributed by atoms with E-state index >= 15 is 0 Å². The summed E-state index contributed by atoms with van der Waals surface area (Å²) in [6.45, 7) is 5.74. The van der Waals surface area contributed by atoms with Crippen LogP contribution in [0.1, 0.15) is 0 Å². The van der Waals surface area contributed by atoms with Crippen molar-refractivity contribution in [3.05, 3.63) is 0 Å². The van der Waals surface area contributed by atoms with E-state index in [4.69, 9.17) is 4.74 Å². The van der Waals surface area contributed by atoms with Crippen LogP contribution in [0.5, 0.6) is 0 Å². The Labute approximate surface area is 104 Å². The molecule has 0 spiro atoms. The molecule has 0 radical (unpaired) electrons. The number of ether oxygens (including phenoxy) is 1. The molecule has 1 amide bonds. The van der Waals surface area contributed by atoms with Gasteiger partial charge in [0.2, 0.25) is 5.91 Å². The summed E-state index contributed by atoms with van der Waals surface area (Å²) in [5, 5.41) is 2.86. The highest BCUT2D eigenvalue weighted by molar-refractivity contribution is 5.85. The van der Waals surface area contributed by atoms with Crippen molar-refractivity contribution < 1.29 is 9.53 Å². The first-order valence-corrected chi connectivity index (χ1v) is 5.42. The van der Waals surface area contributed by atoms with Crippen LogP contribution in [0.15, 0.2) is 0 Å². The Bertz CT molecular complexity index is 199. The van der Waals surface area contributed by atoms with Crippen LogP contribution in [-0.4, -0.2) is 75.7 Å². The van der Waals surface area contributed by atoms with Gasteiger partial charge in [0, 0.05) is 33.2 Å². The van der Waals surface area contributed by atoms with Crippen molar-refractivity contribution in [3.63, 3.8) is 0 Å². The molecule has 0 bridgehead atoms. The van der Waals surface area contributed by atoms with E-state index in [1.165, 1.54) is 0 Å². The van der Waals surface area contributed by atoms with Gasteiger partial charge in [0.05, 0.1) is 19.8 Å². The molecule has 96 valence electrons. The van der Waals surface area contributed by atoms with Crippen LogP contribution in [0.4, 0.5) is 0 Å². The van der Waals surface area contributed by atoms with Gasteiger partial charge in [0.25, 0.3) is 0 Å². The zero-order chi connectivity index (χ0) is 11.1. The third kappa shape index (κ3) is 5.65. The first-order chi connectivity index (χ1) is 7.24. The summed E-state index contributed by atoms with van der Waals surface area (Å²) < 4.78 is 5.26. The highest BCUT2D eigenvalue weighted by atomic mass is 35.5. The third-order valence-electron chi connectivity index (χ3n) is 2.61. The summed E-state index contributed by atoms with van der Waals surface area (Å²) >= 11 is 0. The molecule has 0 aromatic carbocycles. The van der Waals surface area contributed by atoms with Gasteiger partial charge in [-0.1, -0.05) is 0 Å². The number of likely N-dealkylation sites (N-methyl/N-ethyl adjacent to an activating group) is 2. The number of nitrogens with one attached hydrogen (secondary N) is 1. The number of carbonyl (C=O) groups excluding carboxylic acids is 1. The monoisotopic (exact) mass is 251 g/mol. The number of morpholine rings is 1. The minimum Gasteiger partial charge on any atom is -0.379 e. The van der Waals surface area contributed by atoms with E-state index < -0.39 is 0 Å². The van der Waals surface area contributed by atoms with E-state index in [1.807, 2.05) is 7.05 Å². The lowest BCUT2D eigenvalue weighted by Gasteiger charge is -2.28. The Morgan fingerprint density at radius 3 is 2.62 bits per heavy atom. The summed E-state index contributed by atoms with van der Waals surface area (Å²) in [7, 11) is 3.63. The minimum atomic E-state index is 0. The van der Waals surface area contributed by atoms with Crippen molar-refractivity contribution in [2.24, 2.45) is 0 Å². The van der Waals surface area contributed by atoms with Gasteiger partial charge < -0.3 is 15.0 Å². The van der Waals surface area contributed by atoms with E-state index in [0.717, 1.165) is 39.4 Å². The van der Waals surface area contributed by atoms with Crippen LogP contribution in [0.3, 0.4) is 0 Å². The van der Waals surface area contributed by atoms with Gasteiger partial charge in [0.1, 0.15) is 0 Å². The number of rotatable bonds is 5. The smallest absolute Gasteiger partial charge is 0.236 e. The molecule has 0 aliphatic carbocycles. The predicted octanol–water partition coefficient (Wildman–Crippen LogP) is -0.582. The van der Waals surface area contributed by atoms with Crippen LogP contribution in [-0.2, 0) is 9.53 Å². The fraction of sp³-hybridized carbons (Fsp3) is 0.900. The first kappa shape index (κ1) is 15.6. The van der Waals surface area contributed by atoms with E-state index in [1.54, 1.807) is 11.9 Å². The number of halogens is 1. The Kier molecular flexibility index (Phi) is 8.56. The second kappa shape index (κ2) is 8.75. The summed E-state index contributed by atoms with van der Waals surface area (Å²) in [4.78, 5) is 15.5. The van der Waals surface area contributed by atoms with Gasteiger partial charge in [-0.3, -0.25) is 9.69 Å². The standard InChI is InChI=1S/C10H21N3O2.ClH/c1-11-9-10(14)12(2)3-4-13-5-7-15-8-6-13;/h11H,3-9H2,1-2H3;1H. The Balaban J connectivity index is 0.00000225. The van der Waals surface area contributed by atoms with E-state index in [9.17, 15) is 4.79 Å². The molecule has 5 nitrogen and oxygen atoms in total. The molecule has 0 unspecified atom stereocenters. The molecule has 1 heterocycles. The Hall–Kier alpha value is -0.360. The largest absolute Gasteiger partial charge is 0.379 e. The molecule has 1 fully saturated rings. The molecule has 1 saturated heterocycles. The SMILES string of the molecule is CNCC(=O)N(C)CCN1CCOCC1.Cl. The maximum absolute atomic E-state index is 11.4. The van der Waals surface area contributed by atoms with Gasteiger partial charge in [-0.05, 0) is 7.05 Å². The fourth-order valence-corrected chi connectivity index (χ4v) is 1.53. The van der Waals surface area contributed by atoms with Gasteiger partial charge in [0.15, 0.2) is 0 Å². The average Bonchev–Trinajstić information content (AvgIpc) is 2.27. The highest BCUT2D eigenvalue weighted by Crippen LogP contribution is 1.96. The minimum absolute atomic E-state index is 0. The normalized spacial score (nSPS) is 16.6. The summed E-state index contributed by atoms with van der Waals surface area (Å²) in [6, 6.07) is 0. The second-order valence-corrected chi connectivity index (χ2v) is 3.80. The van der Waals surface area contributed by atoms with Crippen molar-refractivity contribution in [2.45, 2.75) is 0 Å². The van der Waals surface area contributed by atoms with Gasteiger partial charge in [-0.25, -0.2) is 0 Å². The fourth-order valence-electron chi connectivity index (χ4n) is 1.53. The lowest BCUT2D eigenvalue weighted by atomic mass is 10.4. The second-order valence-electron chi connectivity index (χ2n) is 3.80. The first-order valence-electron chi connectivity index (χ1n) is 5.42. The highest BCUT2D eigenvalue weighted by Gasteiger charge is 2.12. The zero-order valence-corrected chi connectivity index (χ0v) is 10.9. The number of nitrogens with zero attached hydrogens (tertiary/aromatic N) is 2. The van der Waals surface area contributed by atoms with Crippen molar-refractivity contribution >= 4 is 18.3 Å². The lowest BCUT2D eigenvalue weighted by molar-refractivity contribution is -0.129. The van der Waals surface area contributed by atoms with Gasteiger partial charge >= 0.3 is 0 Å². The molecule has 6 heteroatoms.